The molecule has 6 nitrogen and oxygen atoms in total. The van der Waals surface area contributed by atoms with Gasteiger partial charge in [-0.2, -0.15) is 0 Å². The van der Waals surface area contributed by atoms with Crippen LogP contribution in [0.4, 0.5) is 5.13 Å². The summed E-state index contributed by atoms with van der Waals surface area (Å²) in [6.45, 7) is 9.34. The maximum Gasteiger partial charge on any atom is 0.226 e. The summed E-state index contributed by atoms with van der Waals surface area (Å²) in [6.07, 6.45) is 5.56. The van der Waals surface area contributed by atoms with E-state index in [0.717, 1.165) is 82.4 Å². The van der Waals surface area contributed by atoms with Crippen LogP contribution in [-0.2, 0) is 22.4 Å². The first kappa shape index (κ1) is 19.7. The summed E-state index contributed by atoms with van der Waals surface area (Å²) in [7, 11) is 0. The number of nitrogens with zero attached hydrogens (tertiary/aromatic N) is 4. The molecule has 2 saturated heterocycles. The molecule has 1 aromatic heterocycles. The molecule has 2 amide bonds. The first-order valence-electron chi connectivity index (χ1n) is 10.8. The molecule has 154 valence electrons. The van der Waals surface area contributed by atoms with Crippen molar-refractivity contribution in [2.24, 2.45) is 11.8 Å². The highest BCUT2D eigenvalue weighted by atomic mass is 32.1. The molecule has 0 radical (unpaired) electrons. The number of piperazine rings is 1. The molecular formula is C21H32N4O2S. The topological polar surface area (TPSA) is 56.8 Å². The summed E-state index contributed by atoms with van der Waals surface area (Å²) < 4.78 is 0. The zero-order valence-corrected chi connectivity index (χ0v) is 18.0. The second kappa shape index (κ2) is 8.39. The van der Waals surface area contributed by atoms with E-state index in [4.69, 9.17) is 4.98 Å². The lowest BCUT2D eigenvalue weighted by molar-refractivity contribution is -0.137. The summed E-state index contributed by atoms with van der Waals surface area (Å²) in [6, 6.07) is 0. The van der Waals surface area contributed by atoms with Crippen LogP contribution in [0.25, 0.3) is 0 Å². The molecule has 1 unspecified atom stereocenters. The molecule has 3 heterocycles. The molecule has 4 rings (SSSR count). The molecule has 1 aromatic rings. The third-order valence-corrected chi connectivity index (χ3v) is 7.76. The maximum atomic E-state index is 13.0. The number of likely N-dealkylation sites (tertiary alicyclic amines) is 1. The van der Waals surface area contributed by atoms with Gasteiger partial charge >= 0.3 is 0 Å². The molecule has 2 aliphatic heterocycles. The van der Waals surface area contributed by atoms with Gasteiger partial charge in [0.1, 0.15) is 0 Å². The van der Waals surface area contributed by atoms with Crippen LogP contribution in [0.5, 0.6) is 0 Å². The predicted molar refractivity (Wildman–Crippen MR) is 112 cm³/mol. The third-order valence-electron chi connectivity index (χ3n) is 6.58. The number of thiazole rings is 1. The number of fused-ring (bicyclic) bond motifs is 1. The van der Waals surface area contributed by atoms with Crippen molar-refractivity contribution in [2.75, 3.05) is 44.2 Å². The summed E-state index contributed by atoms with van der Waals surface area (Å²) in [4.78, 5) is 37.4. The van der Waals surface area contributed by atoms with Gasteiger partial charge in [-0.3, -0.25) is 9.59 Å². The summed E-state index contributed by atoms with van der Waals surface area (Å²) >= 11 is 1.77. The molecule has 0 N–H and O–H groups in total. The number of aryl methyl sites for hydroxylation is 1. The molecule has 0 spiro atoms. The zero-order valence-electron chi connectivity index (χ0n) is 17.2. The number of rotatable bonds is 3. The highest BCUT2D eigenvalue weighted by Gasteiger charge is 2.32. The Balaban J connectivity index is 1.36. The van der Waals surface area contributed by atoms with E-state index in [2.05, 4.69) is 16.7 Å². The van der Waals surface area contributed by atoms with Gasteiger partial charge in [-0.05, 0) is 38.0 Å². The summed E-state index contributed by atoms with van der Waals surface area (Å²) in [5.74, 6) is 1.48. The molecular weight excluding hydrogens is 372 g/mol. The lowest BCUT2D eigenvalue weighted by Crippen LogP contribution is -2.48. The van der Waals surface area contributed by atoms with E-state index in [9.17, 15) is 9.59 Å². The van der Waals surface area contributed by atoms with Gasteiger partial charge in [-0.15, -0.1) is 11.3 Å². The smallest absolute Gasteiger partial charge is 0.226 e. The van der Waals surface area contributed by atoms with Crippen molar-refractivity contribution in [1.29, 1.82) is 0 Å². The van der Waals surface area contributed by atoms with Crippen molar-refractivity contribution in [3.05, 3.63) is 10.6 Å². The van der Waals surface area contributed by atoms with Crippen molar-refractivity contribution in [3.63, 3.8) is 0 Å². The number of carbonyl (C=O) groups excluding carboxylic acids is 2. The standard InChI is InChI=1S/C21H32N4O2S/c1-3-19(26)23-10-12-25(13-11-23)21-22-17-5-4-16(14-18(17)28-21)20(27)24-8-6-15(2)7-9-24/h15-16H,3-14H2,1-2H3. The Kier molecular flexibility index (Phi) is 5.90. The molecule has 0 bridgehead atoms. The van der Waals surface area contributed by atoms with Gasteiger partial charge in [0.05, 0.1) is 5.69 Å². The van der Waals surface area contributed by atoms with Crippen LogP contribution in [0.3, 0.4) is 0 Å². The first-order chi connectivity index (χ1) is 13.5. The number of aromatic nitrogens is 1. The van der Waals surface area contributed by atoms with Crippen molar-refractivity contribution in [2.45, 2.75) is 52.4 Å². The van der Waals surface area contributed by atoms with Gasteiger partial charge in [-0.25, -0.2) is 4.98 Å². The summed E-state index contributed by atoms with van der Waals surface area (Å²) in [5, 5.41) is 1.08. The minimum absolute atomic E-state index is 0.133. The maximum absolute atomic E-state index is 13.0. The molecule has 1 atom stereocenters. The van der Waals surface area contributed by atoms with Crippen LogP contribution in [0.1, 0.15) is 50.1 Å². The predicted octanol–water partition coefficient (Wildman–Crippen LogP) is 2.57. The zero-order chi connectivity index (χ0) is 19.7. The van der Waals surface area contributed by atoms with E-state index in [1.54, 1.807) is 11.3 Å². The lowest BCUT2D eigenvalue weighted by Gasteiger charge is -2.34. The second-order valence-electron chi connectivity index (χ2n) is 8.54. The fourth-order valence-electron chi connectivity index (χ4n) is 4.57. The van der Waals surface area contributed by atoms with E-state index in [0.29, 0.717) is 12.3 Å². The molecule has 0 aromatic carbocycles. The minimum atomic E-state index is 0.133. The Morgan fingerprint density at radius 1 is 1.04 bits per heavy atom. The molecule has 3 aliphatic rings. The fourth-order valence-corrected chi connectivity index (χ4v) is 5.80. The van der Waals surface area contributed by atoms with Crippen LogP contribution in [-0.4, -0.2) is 65.9 Å². The van der Waals surface area contributed by atoms with Gasteiger partial charge in [-0.1, -0.05) is 13.8 Å². The fraction of sp³-hybridized carbons (Fsp3) is 0.762. The normalized spacial score (nSPS) is 23.6. The van der Waals surface area contributed by atoms with E-state index in [-0.39, 0.29) is 11.8 Å². The van der Waals surface area contributed by atoms with Crippen LogP contribution in [0, 0.1) is 11.8 Å². The van der Waals surface area contributed by atoms with E-state index in [1.165, 1.54) is 10.6 Å². The number of hydrogen-bond donors (Lipinski definition) is 0. The van der Waals surface area contributed by atoms with Gasteiger partial charge in [0.15, 0.2) is 5.13 Å². The Hall–Kier alpha value is -1.63. The van der Waals surface area contributed by atoms with Gasteiger partial charge in [0.25, 0.3) is 0 Å². The summed E-state index contributed by atoms with van der Waals surface area (Å²) in [5.41, 5.74) is 1.20. The average Bonchev–Trinajstić information content (AvgIpc) is 3.16. The SMILES string of the molecule is CCC(=O)N1CCN(c2nc3c(s2)CC(C(=O)N2CCC(C)CC2)CC3)CC1. The average molecular weight is 405 g/mol. The molecule has 2 fully saturated rings. The third kappa shape index (κ3) is 4.04. The van der Waals surface area contributed by atoms with Crippen molar-refractivity contribution in [3.8, 4) is 0 Å². The van der Waals surface area contributed by atoms with Crippen LogP contribution < -0.4 is 4.90 Å². The molecule has 7 heteroatoms. The van der Waals surface area contributed by atoms with Gasteiger partial charge < -0.3 is 14.7 Å². The van der Waals surface area contributed by atoms with E-state index < -0.39 is 0 Å². The van der Waals surface area contributed by atoms with Gasteiger partial charge in [0, 0.05) is 56.5 Å². The monoisotopic (exact) mass is 404 g/mol. The Morgan fingerprint density at radius 2 is 1.75 bits per heavy atom. The number of piperidine rings is 1. The largest absolute Gasteiger partial charge is 0.345 e. The van der Waals surface area contributed by atoms with Crippen molar-refractivity contribution < 1.29 is 9.59 Å². The lowest BCUT2D eigenvalue weighted by atomic mass is 9.89. The number of amides is 2. The minimum Gasteiger partial charge on any atom is -0.345 e. The number of hydrogen-bond acceptors (Lipinski definition) is 5. The van der Waals surface area contributed by atoms with Crippen molar-refractivity contribution >= 4 is 28.3 Å². The van der Waals surface area contributed by atoms with Crippen LogP contribution in [0.15, 0.2) is 0 Å². The Labute approximate surface area is 171 Å². The van der Waals surface area contributed by atoms with Crippen LogP contribution in [0.2, 0.25) is 0 Å². The highest BCUT2D eigenvalue weighted by Crippen LogP contribution is 2.35. The quantitative estimate of drug-likeness (QED) is 0.777. The van der Waals surface area contributed by atoms with Crippen LogP contribution >= 0.6 is 11.3 Å². The first-order valence-corrected chi connectivity index (χ1v) is 11.7. The number of carbonyl (C=O) groups is 2. The molecule has 1 aliphatic carbocycles. The Morgan fingerprint density at radius 3 is 2.43 bits per heavy atom. The molecule has 0 saturated carbocycles. The van der Waals surface area contributed by atoms with Gasteiger partial charge in [0.2, 0.25) is 11.8 Å². The molecule has 28 heavy (non-hydrogen) atoms. The second-order valence-corrected chi connectivity index (χ2v) is 9.60. The number of anilines is 1. The van der Waals surface area contributed by atoms with E-state index in [1.807, 2.05) is 11.8 Å². The Bertz CT molecular complexity index is 718. The van der Waals surface area contributed by atoms with Crippen molar-refractivity contribution in [1.82, 2.24) is 14.8 Å². The highest BCUT2D eigenvalue weighted by molar-refractivity contribution is 7.15. The van der Waals surface area contributed by atoms with E-state index >= 15 is 0 Å².